The van der Waals surface area contributed by atoms with Crippen LogP contribution in [0.3, 0.4) is 0 Å². The largest absolute Gasteiger partial charge is 0.356 e. The number of carbonyl (C=O) groups is 1. The van der Waals surface area contributed by atoms with Gasteiger partial charge in [0.15, 0.2) is 0 Å². The monoisotopic (exact) mass is 252 g/mol. The van der Waals surface area contributed by atoms with Crippen LogP contribution in [0, 0.1) is 5.41 Å². The minimum absolute atomic E-state index is 0.0197. The van der Waals surface area contributed by atoms with E-state index in [1.807, 2.05) is 0 Å². The average molecular weight is 252 g/mol. The Labute approximate surface area is 109 Å². The molecule has 5 nitrogen and oxygen atoms in total. The molecule has 0 aromatic carbocycles. The Bertz CT molecular complexity index is 354. The minimum atomic E-state index is -0.0721. The number of amides is 1. The number of aromatic amines is 1. The van der Waals surface area contributed by atoms with Gasteiger partial charge >= 0.3 is 0 Å². The lowest BCUT2D eigenvalue weighted by atomic mass is 9.87. The van der Waals surface area contributed by atoms with Crippen molar-refractivity contribution in [3.63, 3.8) is 0 Å². The second kappa shape index (κ2) is 6.54. The third-order valence-corrected chi connectivity index (χ3v) is 2.59. The van der Waals surface area contributed by atoms with Crippen molar-refractivity contribution in [3.8, 4) is 0 Å². The maximum absolute atomic E-state index is 11.7. The Hall–Kier alpha value is -1.36. The molecule has 5 heteroatoms. The molecular weight excluding hydrogens is 228 g/mol. The first kappa shape index (κ1) is 14.7. The third kappa shape index (κ3) is 6.39. The van der Waals surface area contributed by atoms with Crippen LogP contribution in [0.25, 0.3) is 0 Å². The summed E-state index contributed by atoms with van der Waals surface area (Å²) in [5, 5.41) is 2.87. The number of nitrogens with one attached hydrogen (secondary N) is 2. The van der Waals surface area contributed by atoms with Crippen molar-refractivity contribution >= 4 is 5.91 Å². The molecule has 0 aliphatic carbocycles. The first-order chi connectivity index (χ1) is 8.37. The Morgan fingerprint density at radius 1 is 1.56 bits per heavy atom. The number of hydrogen-bond donors (Lipinski definition) is 3. The van der Waals surface area contributed by atoms with E-state index in [1.54, 1.807) is 12.5 Å². The van der Waals surface area contributed by atoms with E-state index in [0.29, 0.717) is 13.0 Å². The van der Waals surface area contributed by atoms with E-state index in [-0.39, 0.29) is 17.4 Å². The van der Waals surface area contributed by atoms with Crippen molar-refractivity contribution in [2.75, 3.05) is 6.54 Å². The number of aromatic nitrogens is 2. The summed E-state index contributed by atoms with van der Waals surface area (Å²) in [6.07, 6.45) is 5.40. The Morgan fingerprint density at radius 3 is 2.83 bits per heavy atom. The van der Waals surface area contributed by atoms with Gasteiger partial charge in [0.2, 0.25) is 5.91 Å². The molecule has 0 saturated heterocycles. The van der Waals surface area contributed by atoms with Crippen molar-refractivity contribution in [1.29, 1.82) is 0 Å². The summed E-state index contributed by atoms with van der Waals surface area (Å²) in [4.78, 5) is 18.6. The van der Waals surface area contributed by atoms with Crippen LogP contribution >= 0.6 is 0 Å². The van der Waals surface area contributed by atoms with Gasteiger partial charge in [-0.1, -0.05) is 20.8 Å². The Kier molecular flexibility index (Phi) is 5.34. The standard InChI is InChI=1S/C13H24N4O/c1-13(2,3)7-10(14)6-12(18)16-5-4-11-8-15-9-17-11/h8-10H,4-7,14H2,1-3H3,(H,15,17)(H,16,18). The van der Waals surface area contributed by atoms with Gasteiger partial charge in [-0.2, -0.15) is 0 Å². The van der Waals surface area contributed by atoms with Crippen molar-refractivity contribution in [2.24, 2.45) is 11.1 Å². The second-order valence-corrected chi connectivity index (χ2v) is 5.91. The highest BCUT2D eigenvalue weighted by Crippen LogP contribution is 2.20. The number of rotatable bonds is 6. The lowest BCUT2D eigenvalue weighted by Crippen LogP contribution is -2.35. The van der Waals surface area contributed by atoms with Gasteiger partial charge in [-0.05, 0) is 11.8 Å². The van der Waals surface area contributed by atoms with E-state index in [0.717, 1.165) is 18.5 Å². The maximum Gasteiger partial charge on any atom is 0.221 e. The normalized spacial score (nSPS) is 13.3. The number of nitrogens with zero attached hydrogens (tertiary/aromatic N) is 1. The van der Waals surface area contributed by atoms with E-state index < -0.39 is 0 Å². The lowest BCUT2D eigenvalue weighted by Gasteiger charge is -2.22. The average Bonchev–Trinajstić information content (AvgIpc) is 2.66. The molecule has 4 N–H and O–H groups in total. The molecule has 0 saturated carbocycles. The SMILES string of the molecule is CC(C)(C)CC(N)CC(=O)NCCc1cnc[nH]1. The number of hydrogen-bond acceptors (Lipinski definition) is 3. The van der Waals surface area contributed by atoms with Gasteiger partial charge in [0.25, 0.3) is 0 Å². The summed E-state index contributed by atoms with van der Waals surface area (Å²) >= 11 is 0. The topological polar surface area (TPSA) is 83.8 Å². The fraction of sp³-hybridized carbons (Fsp3) is 0.692. The van der Waals surface area contributed by atoms with Gasteiger partial charge in [0, 0.05) is 37.3 Å². The van der Waals surface area contributed by atoms with Crippen LogP contribution in [-0.4, -0.2) is 28.5 Å². The Balaban J connectivity index is 2.17. The molecule has 1 heterocycles. The number of carbonyl (C=O) groups excluding carboxylic acids is 1. The number of nitrogens with two attached hydrogens (primary N) is 1. The summed E-state index contributed by atoms with van der Waals surface area (Å²) in [5.74, 6) is 0.0197. The molecule has 102 valence electrons. The predicted molar refractivity (Wildman–Crippen MR) is 72.0 cm³/mol. The van der Waals surface area contributed by atoms with Crippen LogP contribution in [-0.2, 0) is 11.2 Å². The molecule has 1 atom stereocenters. The molecule has 0 bridgehead atoms. The van der Waals surface area contributed by atoms with Gasteiger partial charge in [-0.15, -0.1) is 0 Å². The molecule has 1 rings (SSSR count). The van der Waals surface area contributed by atoms with Crippen LogP contribution in [0.15, 0.2) is 12.5 Å². The molecule has 0 spiro atoms. The van der Waals surface area contributed by atoms with E-state index in [2.05, 4.69) is 36.1 Å². The number of imidazole rings is 1. The van der Waals surface area contributed by atoms with Crippen LogP contribution < -0.4 is 11.1 Å². The van der Waals surface area contributed by atoms with Crippen molar-refractivity contribution in [2.45, 2.75) is 46.1 Å². The minimum Gasteiger partial charge on any atom is -0.356 e. The van der Waals surface area contributed by atoms with Crippen LogP contribution in [0.5, 0.6) is 0 Å². The van der Waals surface area contributed by atoms with Gasteiger partial charge in [0.1, 0.15) is 0 Å². The lowest BCUT2D eigenvalue weighted by molar-refractivity contribution is -0.121. The van der Waals surface area contributed by atoms with E-state index in [4.69, 9.17) is 5.73 Å². The zero-order chi connectivity index (χ0) is 13.6. The summed E-state index contributed by atoms with van der Waals surface area (Å²) < 4.78 is 0. The van der Waals surface area contributed by atoms with E-state index in [9.17, 15) is 4.79 Å². The molecular formula is C13H24N4O. The molecule has 0 fully saturated rings. The fourth-order valence-corrected chi connectivity index (χ4v) is 1.93. The molecule has 0 radical (unpaired) electrons. The van der Waals surface area contributed by atoms with Gasteiger partial charge in [0.05, 0.1) is 6.33 Å². The summed E-state index contributed by atoms with van der Waals surface area (Å²) in [7, 11) is 0. The quantitative estimate of drug-likeness (QED) is 0.712. The fourth-order valence-electron chi connectivity index (χ4n) is 1.93. The highest BCUT2D eigenvalue weighted by molar-refractivity contribution is 5.76. The van der Waals surface area contributed by atoms with Crippen molar-refractivity contribution in [1.82, 2.24) is 15.3 Å². The zero-order valence-corrected chi connectivity index (χ0v) is 11.5. The molecule has 1 aromatic rings. The molecule has 0 aliphatic heterocycles. The van der Waals surface area contributed by atoms with E-state index >= 15 is 0 Å². The van der Waals surface area contributed by atoms with Crippen molar-refractivity contribution < 1.29 is 4.79 Å². The highest BCUT2D eigenvalue weighted by atomic mass is 16.1. The third-order valence-electron chi connectivity index (χ3n) is 2.59. The summed E-state index contributed by atoms with van der Waals surface area (Å²) in [6.45, 7) is 7.00. The van der Waals surface area contributed by atoms with Gasteiger partial charge in [-0.3, -0.25) is 4.79 Å². The van der Waals surface area contributed by atoms with Gasteiger partial charge < -0.3 is 16.0 Å². The molecule has 1 amide bonds. The second-order valence-electron chi connectivity index (χ2n) is 5.91. The predicted octanol–water partition coefficient (Wildman–Crippen LogP) is 1.22. The first-order valence-corrected chi connectivity index (χ1v) is 6.36. The summed E-state index contributed by atoms with van der Waals surface area (Å²) in [5.41, 5.74) is 7.13. The van der Waals surface area contributed by atoms with E-state index in [1.165, 1.54) is 0 Å². The van der Waals surface area contributed by atoms with Crippen LogP contribution in [0.2, 0.25) is 0 Å². The summed E-state index contributed by atoms with van der Waals surface area (Å²) in [6, 6.07) is -0.0721. The van der Waals surface area contributed by atoms with Crippen LogP contribution in [0.4, 0.5) is 0 Å². The van der Waals surface area contributed by atoms with Crippen LogP contribution in [0.1, 0.15) is 39.3 Å². The first-order valence-electron chi connectivity index (χ1n) is 6.36. The molecule has 0 aliphatic rings. The molecule has 18 heavy (non-hydrogen) atoms. The smallest absolute Gasteiger partial charge is 0.221 e. The molecule has 1 aromatic heterocycles. The zero-order valence-electron chi connectivity index (χ0n) is 11.5. The Morgan fingerprint density at radius 2 is 2.28 bits per heavy atom. The molecule has 1 unspecified atom stereocenters. The van der Waals surface area contributed by atoms with Gasteiger partial charge in [-0.25, -0.2) is 4.98 Å². The highest BCUT2D eigenvalue weighted by Gasteiger charge is 2.17. The maximum atomic E-state index is 11.7. The number of H-pyrrole nitrogens is 1. The van der Waals surface area contributed by atoms with Crippen molar-refractivity contribution in [3.05, 3.63) is 18.2 Å².